The first kappa shape index (κ1) is 15.7. The maximum Gasteiger partial charge on any atom is 0.203 e. The zero-order valence-electron chi connectivity index (χ0n) is 12.4. The lowest BCUT2D eigenvalue weighted by atomic mass is 10.1. The summed E-state index contributed by atoms with van der Waals surface area (Å²) in [6, 6.07) is 15.7. The van der Waals surface area contributed by atoms with Crippen LogP contribution in [0.25, 0.3) is 11.3 Å². The summed E-state index contributed by atoms with van der Waals surface area (Å²) in [5, 5.41) is 6.94. The summed E-state index contributed by atoms with van der Waals surface area (Å²) in [5.41, 5.74) is 5.80. The average Bonchev–Trinajstić information content (AvgIpc) is 3.05. The third-order valence-corrected chi connectivity index (χ3v) is 4.63. The molecule has 3 aromatic rings. The molecule has 6 heteroatoms. The molecule has 0 radical (unpaired) electrons. The second kappa shape index (κ2) is 7.39. The van der Waals surface area contributed by atoms with Crippen molar-refractivity contribution < 1.29 is 4.74 Å². The number of thiazole rings is 1. The first-order chi connectivity index (χ1) is 11.3. The molecule has 0 aliphatic rings. The van der Waals surface area contributed by atoms with Gasteiger partial charge < -0.3 is 4.74 Å². The quantitative estimate of drug-likeness (QED) is 0.493. The van der Waals surface area contributed by atoms with Crippen molar-refractivity contribution in [2.75, 3.05) is 12.5 Å². The molecule has 0 saturated heterocycles. The van der Waals surface area contributed by atoms with Crippen LogP contribution >= 0.6 is 27.3 Å². The van der Waals surface area contributed by atoms with Gasteiger partial charge in [-0.05, 0) is 18.2 Å². The van der Waals surface area contributed by atoms with Gasteiger partial charge in [-0.1, -0.05) is 46.3 Å². The summed E-state index contributed by atoms with van der Waals surface area (Å²) in [6.45, 7) is 0. The number of nitrogens with one attached hydrogen (secondary N) is 1. The van der Waals surface area contributed by atoms with Gasteiger partial charge in [-0.15, -0.1) is 11.3 Å². The molecule has 116 valence electrons. The molecule has 1 N–H and O–H groups in total. The van der Waals surface area contributed by atoms with E-state index in [1.165, 1.54) is 11.3 Å². The van der Waals surface area contributed by atoms with Crippen molar-refractivity contribution in [3.8, 4) is 17.0 Å². The van der Waals surface area contributed by atoms with Crippen LogP contribution in [0, 0.1) is 0 Å². The number of anilines is 1. The smallest absolute Gasteiger partial charge is 0.203 e. The van der Waals surface area contributed by atoms with Crippen LogP contribution in [0.3, 0.4) is 0 Å². The molecule has 0 fully saturated rings. The average molecular weight is 388 g/mol. The van der Waals surface area contributed by atoms with E-state index < -0.39 is 0 Å². The summed E-state index contributed by atoms with van der Waals surface area (Å²) in [5.74, 6) is 0.807. The minimum absolute atomic E-state index is 0.731. The third kappa shape index (κ3) is 3.78. The molecule has 1 aromatic heterocycles. The van der Waals surface area contributed by atoms with Gasteiger partial charge in [0, 0.05) is 21.0 Å². The van der Waals surface area contributed by atoms with E-state index >= 15 is 0 Å². The Labute approximate surface area is 147 Å². The van der Waals surface area contributed by atoms with Crippen LogP contribution in [0.5, 0.6) is 5.75 Å². The number of nitrogens with zero attached hydrogens (tertiary/aromatic N) is 2. The van der Waals surface area contributed by atoms with E-state index in [2.05, 4.69) is 31.4 Å². The molecule has 3 rings (SSSR count). The molecule has 0 atom stereocenters. The zero-order chi connectivity index (χ0) is 16.1. The van der Waals surface area contributed by atoms with Crippen LogP contribution in [-0.4, -0.2) is 18.3 Å². The van der Waals surface area contributed by atoms with Crippen molar-refractivity contribution in [3.63, 3.8) is 0 Å². The first-order valence-electron chi connectivity index (χ1n) is 6.90. The van der Waals surface area contributed by atoms with E-state index in [-0.39, 0.29) is 0 Å². The van der Waals surface area contributed by atoms with Gasteiger partial charge in [-0.3, -0.25) is 5.43 Å². The summed E-state index contributed by atoms with van der Waals surface area (Å²) < 4.78 is 6.37. The maximum absolute atomic E-state index is 5.37. The fraction of sp³-hybridized carbons (Fsp3) is 0.0588. The van der Waals surface area contributed by atoms with E-state index in [0.29, 0.717) is 0 Å². The first-order valence-corrected chi connectivity index (χ1v) is 8.57. The SMILES string of the molecule is COc1ccccc1-c1csc(N/N=C\c2ccccc2Br)n1. The molecule has 0 aliphatic carbocycles. The molecule has 0 amide bonds. The number of methoxy groups -OCH3 is 1. The van der Waals surface area contributed by atoms with Gasteiger partial charge in [0.15, 0.2) is 0 Å². The summed E-state index contributed by atoms with van der Waals surface area (Å²) >= 11 is 4.99. The van der Waals surface area contributed by atoms with Crippen LogP contribution in [0.1, 0.15) is 5.56 Å². The van der Waals surface area contributed by atoms with Gasteiger partial charge in [0.2, 0.25) is 5.13 Å². The standard InChI is InChI=1S/C17H14BrN3OS/c1-22-16-9-5-3-7-13(16)15-11-23-17(20-15)21-19-10-12-6-2-4-8-14(12)18/h2-11H,1H3,(H,20,21)/b19-10-. The highest BCUT2D eigenvalue weighted by atomic mass is 79.9. The number of benzene rings is 2. The second-order valence-electron chi connectivity index (χ2n) is 4.63. The van der Waals surface area contributed by atoms with Crippen molar-refractivity contribution in [2.24, 2.45) is 5.10 Å². The zero-order valence-corrected chi connectivity index (χ0v) is 14.8. The molecule has 23 heavy (non-hydrogen) atoms. The number of ether oxygens (including phenoxy) is 1. The van der Waals surface area contributed by atoms with Crippen molar-refractivity contribution in [3.05, 3.63) is 63.9 Å². The Morgan fingerprint density at radius 1 is 1.17 bits per heavy atom. The Morgan fingerprint density at radius 2 is 1.96 bits per heavy atom. The Bertz CT molecular complexity index is 832. The van der Waals surface area contributed by atoms with E-state index in [4.69, 9.17) is 4.74 Å². The fourth-order valence-electron chi connectivity index (χ4n) is 2.04. The predicted molar refractivity (Wildman–Crippen MR) is 99.5 cm³/mol. The van der Waals surface area contributed by atoms with E-state index in [9.17, 15) is 0 Å². The molecule has 0 bridgehead atoms. The molecule has 1 heterocycles. The van der Waals surface area contributed by atoms with Gasteiger partial charge >= 0.3 is 0 Å². The summed E-state index contributed by atoms with van der Waals surface area (Å²) in [6.07, 6.45) is 1.76. The number of rotatable bonds is 5. The van der Waals surface area contributed by atoms with Crippen molar-refractivity contribution in [1.29, 1.82) is 0 Å². The highest BCUT2D eigenvalue weighted by molar-refractivity contribution is 9.10. The lowest BCUT2D eigenvalue weighted by Crippen LogP contribution is -1.91. The van der Waals surface area contributed by atoms with Crippen molar-refractivity contribution >= 4 is 38.6 Å². The third-order valence-electron chi connectivity index (χ3n) is 3.16. The topological polar surface area (TPSA) is 46.5 Å². The molecule has 0 saturated carbocycles. The van der Waals surface area contributed by atoms with Gasteiger partial charge in [0.25, 0.3) is 0 Å². The number of hydrogen-bond donors (Lipinski definition) is 1. The monoisotopic (exact) mass is 387 g/mol. The Hall–Kier alpha value is -2.18. The van der Waals surface area contributed by atoms with E-state index in [1.807, 2.05) is 53.9 Å². The van der Waals surface area contributed by atoms with Crippen LogP contribution in [0.15, 0.2) is 63.5 Å². The molecular weight excluding hydrogens is 374 g/mol. The highest BCUT2D eigenvalue weighted by Crippen LogP contribution is 2.31. The normalized spacial score (nSPS) is 10.9. The number of hydrogen-bond acceptors (Lipinski definition) is 5. The predicted octanol–water partition coefficient (Wildman–Crippen LogP) is 5.03. The lowest BCUT2D eigenvalue weighted by molar-refractivity contribution is 0.416. The molecule has 0 aliphatic heterocycles. The van der Waals surface area contributed by atoms with Crippen molar-refractivity contribution in [1.82, 2.24) is 4.98 Å². The maximum atomic E-state index is 5.37. The highest BCUT2D eigenvalue weighted by Gasteiger charge is 2.08. The second-order valence-corrected chi connectivity index (χ2v) is 6.34. The van der Waals surface area contributed by atoms with Crippen LogP contribution in [0.4, 0.5) is 5.13 Å². The van der Waals surface area contributed by atoms with Crippen molar-refractivity contribution in [2.45, 2.75) is 0 Å². The van der Waals surface area contributed by atoms with Gasteiger partial charge in [-0.25, -0.2) is 4.98 Å². The molecule has 2 aromatic carbocycles. The number of aromatic nitrogens is 1. The van der Waals surface area contributed by atoms with E-state index in [1.54, 1.807) is 13.3 Å². The van der Waals surface area contributed by atoms with Gasteiger partial charge in [0.1, 0.15) is 5.75 Å². The largest absolute Gasteiger partial charge is 0.496 e. The van der Waals surface area contributed by atoms with Crippen LogP contribution < -0.4 is 10.2 Å². The van der Waals surface area contributed by atoms with Gasteiger partial charge in [0.05, 0.1) is 19.0 Å². The fourth-order valence-corrected chi connectivity index (χ4v) is 3.09. The van der Waals surface area contributed by atoms with Crippen LogP contribution in [-0.2, 0) is 0 Å². The lowest BCUT2D eigenvalue weighted by Gasteiger charge is -2.04. The van der Waals surface area contributed by atoms with E-state index in [0.717, 1.165) is 32.2 Å². The summed E-state index contributed by atoms with van der Waals surface area (Å²) in [7, 11) is 1.66. The minimum atomic E-state index is 0.731. The Balaban J connectivity index is 1.74. The molecule has 0 unspecified atom stereocenters. The Kier molecular flexibility index (Phi) is 5.05. The summed E-state index contributed by atoms with van der Waals surface area (Å²) in [4.78, 5) is 4.54. The number of halogens is 1. The van der Waals surface area contributed by atoms with Gasteiger partial charge in [-0.2, -0.15) is 5.10 Å². The number of hydrazone groups is 1. The molecule has 0 spiro atoms. The number of para-hydroxylation sites is 1. The molecule has 4 nitrogen and oxygen atoms in total. The Morgan fingerprint density at radius 3 is 2.78 bits per heavy atom. The minimum Gasteiger partial charge on any atom is -0.496 e. The molecular formula is C17H14BrN3OS. The van der Waals surface area contributed by atoms with Crippen LogP contribution in [0.2, 0.25) is 0 Å².